The fourth-order valence-electron chi connectivity index (χ4n) is 3.09. The maximum absolute atomic E-state index is 12.0. The maximum atomic E-state index is 12.0. The molecular weight excluding hydrogens is 412 g/mol. The molecule has 0 aliphatic heterocycles. The normalized spacial score (nSPS) is 9.97. The minimum atomic E-state index is -0.0761. The number of aromatic nitrogens is 3. The Balaban J connectivity index is 0.000000235. The molecule has 0 unspecified atom stereocenters. The van der Waals surface area contributed by atoms with Crippen LogP contribution < -0.4 is 11.1 Å². The average molecular weight is 439 g/mol. The van der Waals surface area contributed by atoms with Gasteiger partial charge in [-0.3, -0.25) is 9.48 Å². The fraction of sp³-hybridized carbons (Fsp3) is 0.154. The van der Waals surface area contributed by atoms with Crippen molar-refractivity contribution in [2.24, 2.45) is 12.8 Å². The lowest BCUT2D eigenvalue weighted by Crippen LogP contribution is -2.15. The molecule has 2 heterocycles. The molecule has 0 fully saturated rings. The Bertz CT molecular complexity index is 1190. The minimum absolute atomic E-state index is 0.0761. The maximum Gasteiger partial charge on any atom is 0.229 e. The molecule has 7 nitrogen and oxygen atoms in total. The highest BCUT2D eigenvalue weighted by atomic mass is 16.1. The number of hydrogen-bond acceptors (Lipinski definition) is 5. The topological polar surface area (TPSA) is 110 Å². The summed E-state index contributed by atoms with van der Waals surface area (Å²) in [6.45, 7) is 0.659. The zero-order valence-corrected chi connectivity index (χ0v) is 18.5. The summed E-state index contributed by atoms with van der Waals surface area (Å²) in [7, 11) is 1.87. The van der Waals surface area contributed by atoms with Gasteiger partial charge in [-0.1, -0.05) is 42.5 Å². The third-order valence-corrected chi connectivity index (χ3v) is 4.79. The molecule has 7 heteroatoms. The standard InChI is InChI=1S/C17H16N4O.C9H10N2/c1-21-12-15(11-19-21)14-7-8-16(18-10-14)20-17(22)9-13-5-3-2-4-6-13;10-6-5-8-1-3-9(7-11)4-2-8/h2-8,10-12H,9H2,1H3,(H,18,20,22);1-4H,5-6,10H2. The molecule has 0 aliphatic carbocycles. The van der Waals surface area contributed by atoms with Gasteiger partial charge in [0.2, 0.25) is 5.91 Å². The molecule has 2 aromatic carbocycles. The Morgan fingerprint density at radius 2 is 1.76 bits per heavy atom. The smallest absolute Gasteiger partial charge is 0.229 e. The number of anilines is 1. The lowest BCUT2D eigenvalue weighted by Gasteiger charge is -2.05. The van der Waals surface area contributed by atoms with Crippen molar-refractivity contribution < 1.29 is 4.79 Å². The number of nitrogens with one attached hydrogen (secondary N) is 1. The van der Waals surface area contributed by atoms with E-state index in [1.165, 1.54) is 5.56 Å². The number of nitrogens with two attached hydrogens (primary N) is 1. The Morgan fingerprint density at radius 3 is 2.33 bits per heavy atom. The SMILES string of the molecule is Cn1cc(-c2ccc(NC(=O)Cc3ccccc3)nc2)cn1.N#Cc1ccc(CCN)cc1. The molecule has 0 radical (unpaired) electrons. The summed E-state index contributed by atoms with van der Waals surface area (Å²) in [6.07, 6.45) is 6.66. The van der Waals surface area contributed by atoms with Crippen LogP contribution in [0.5, 0.6) is 0 Å². The number of amides is 1. The first-order valence-corrected chi connectivity index (χ1v) is 10.6. The van der Waals surface area contributed by atoms with E-state index in [-0.39, 0.29) is 5.91 Å². The Kier molecular flexibility index (Phi) is 8.46. The summed E-state index contributed by atoms with van der Waals surface area (Å²) < 4.78 is 1.74. The predicted molar refractivity (Wildman–Crippen MR) is 129 cm³/mol. The number of nitriles is 1. The van der Waals surface area contributed by atoms with Crippen molar-refractivity contribution in [3.63, 3.8) is 0 Å². The lowest BCUT2D eigenvalue weighted by molar-refractivity contribution is -0.115. The van der Waals surface area contributed by atoms with Gasteiger partial charge in [-0.2, -0.15) is 10.4 Å². The molecule has 3 N–H and O–H groups in total. The zero-order valence-electron chi connectivity index (χ0n) is 18.5. The molecule has 0 saturated carbocycles. The number of carbonyl (C=O) groups is 1. The summed E-state index contributed by atoms with van der Waals surface area (Å²) in [4.78, 5) is 16.3. The van der Waals surface area contributed by atoms with Gasteiger partial charge in [0.25, 0.3) is 0 Å². The second-order valence-corrected chi connectivity index (χ2v) is 7.39. The van der Waals surface area contributed by atoms with Crippen molar-refractivity contribution in [1.82, 2.24) is 14.8 Å². The second kappa shape index (κ2) is 11.9. The third kappa shape index (κ3) is 7.42. The largest absolute Gasteiger partial charge is 0.330 e. The van der Waals surface area contributed by atoms with Gasteiger partial charge in [0.1, 0.15) is 5.82 Å². The summed E-state index contributed by atoms with van der Waals surface area (Å²) in [5.74, 6) is 0.474. The molecule has 33 heavy (non-hydrogen) atoms. The Hall–Kier alpha value is -4.28. The lowest BCUT2D eigenvalue weighted by atomic mass is 10.1. The van der Waals surface area contributed by atoms with Gasteiger partial charge in [0, 0.05) is 30.6 Å². The van der Waals surface area contributed by atoms with E-state index in [1.807, 2.05) is 73.9 Å². The van der Waals surface area contributed by atoms with Gasteiger partial charge in [-0.25, -0.2) is 4.98 Å². The van der Waals surface area contributed by atoms with Crippen LogP contribution in [0.15, 0.2) is 85.3 Å². The number of hydrogen-bond donors (Lipinski definition) is 2. The number of rotatable bonds is 6. The number of pyridine rings is 1. The summed E-state index contributed by atoms with van der Waals surface area (Å²) >= 11 is 0. The van der Waals surface area contributed by atoms with Gasteiger partial charge in [-0.05, 0) is 48.4 Å². The van der Waals surface area contributed by atoms with Gasteiger partial charge in [0.05, 0.1) is 24.3 Å². The van der Waals surface area contributed by atoms with Crippen molar-refractivity contribution in [2.45, 2.75) is 12.8 Å². The van der Waals surface area contributed by atoms with Crippen LogP contribution in [-0.2, 0) is 24.7 Å². The van der Waals surface area contributed by atoms with Crippen LogP contribution in [0.2, 0.25) is 0 Å². The minimum Gasteiger partial charge on any atom is -0.330 e. The highest BCUT2D eigenvalue weighted by Crippen LogP contribution is 2.18. The van der Waals surface area contributed by atoms with E-state index >= 15 is 0 Å². The van der Waals surface area contributed by atoms with Crippen LogP contribution in [0, 0.1) is 11.3 Å². The van der Waals surface area contributed by atoms with E-state index < -0.39 is 0 Å². The summed E-state index contributed by atoms with van der Waals surface area (Å²) in [6, 6.07) is 22.9. The summed E-state index contributed by atoms with van der Waals surface area (Å²) in [5, 5.41) is 15.4. The quantitative estimate of drug-likeness (QED) is 0.477. The van der Waals surface area contributed by atoms with Crippen molar-refractivity contribution in [1.29, 1.82) is 5.26 Å². The predicted octanol–water partition coefficient (Wildman–Crippen LogP) is 3.72. The number of benzene rings is 2. The first kappa shape index (κ1) is 23.4. The van der Waals surface area contributed by atoms with Crippen LogP contribution in [0.1, 0.15) is 16.7 Å². The van der Waals surface area contributed by atoms with Crippen LogP contribution in [0.3, 0.4) is 0 Å². The molecule has 166 valence electrons. The van der Waals surface area contributed by atoms with E-state index in [0.717, 1.165) is 23.1 Å². The summed E-state index contributed by atoms with van der Waals surface area (Å²) in [5.41, 5.74) is 10.2. The van der Waals surface area contributed by atoms with Crippen molar-refractivity contribution >= 4 is 11.7 Å². The first-order chi connectivity index (χ1) is 16.1. The van der Waals surface area contributed by atoms with E-state index in [4.69, 9.17) is 11.0 Å². The van der Waals surface area contributed by atoms with E-state index in [2.05, 4.69) is 21.5 Å². The van der Waals surface area contributed by atoms with Gasteiger partial charge in [0.15, 0.2) is 0 Å². The van der Waals surface area contributed by atoms with Gasteiger partial charge >= 0.3 is 0 Å². The molecule has 4 rings (SSSR count). The van der Waals surface area contributed by atoms with Crippen molar-refractivity contribution in [2.75, 3.05) is 11.9 Å². The molecule has 2 aromatic heterocycles. The van der Waals surface area contributed by atoms with Crippen LogP contribution in [0.25, 0.3) is 11.1 Å². The molecule has 0 saturated heterocycles. The molecular formula is C26H26N6O. The highest BCUT2D eigenvalue weighted by molar-refractivity contribution is 5.91. The third-order valence-electron chi connectivity index (χ3n) is 4.79. The molecule has 0 spiro atoms. The molecule has 4 aromatic rings. The van der Waals surface area contributed by atoms with Crippen molar-refractivity contribution in [3.8, 4) is 17.2 Å². The van der Waals surface area contributed by atoms with E-state index in [0.29, 0.717) is 24.3 Å². The molecule has 0 bridgehead atoms. The van der Waals surface area contributed by atoms with Crippen LogP contribution >= 0.6 is 0 Å². The number of nitrogens with zero attached hydrogens (tertiary/aromatic N) is 4. The monoisotopic (exact) mass is 438 g/mol. The molecule has 1 amide bonds. The van der Waals surface area contributed by atoms with E-state index in [9.17, 15) is 4.79 Å². The number of carbonyl (C=O) groups excluding carboxylic acids is 1. The molecule has 0 aliphatic rings. The van der Waals surface area contributed by atoms with Crippen LogP contribution in [0.4, 0.5) is 5.82 Å². The zero-order chi connectivity index (χ0) is 23.5. The van der Waals surface area contributed by atoms with Gasteiger partial charge < -0.3 is 11.1 Å². The van der Waals surface area contributed by atoms with E-state index in [1.54, 1.807) is 23.1 Å². The number of aryl methyl sites for hydroxylation is 1. The Labute approximate surface area is 193 Å². The highest BCUT2D eigenvalue weighted by Gasteiger charge is 2.06. The van der Waals surface area contributed by atoms with Crippen LogP contribution in [-0.4, -0.2) is 27.2 Å². The van der Waals surface area contributed by atoms with Gasteiger partial charge in [-0.15, -0.1) is 0 Å². The first-order valence-electron chi connectivity index (χ1n) is 10.6. The average Bonchev–Trinajstić information content (AvgIpc) is 3.27. The second-order valence-electron chi connectivity index (χ2n) is 7.39. The molecule has 0 atom stereocenters. The fourth-order valence-corrected chi connectivity index (χ4v) is 3.09. The van der Waals surface area contributed by atoms with Crippen molar-refractivity contribution in [3.05, 3.63) is 102 Å². The Morgan fingerprint density at radius 1 is 1.00 bits per heavy atom.